The van der Waals surface area contributed by atoms with E-state index in [4.69, 9.17) is 9.47 Å². The zero-order chi connectivity index (χ0) is 20.9. The van der Waals surface area contributed by atoms with Gasteiger partial charge in [-0.25, -0.2) is 8.42 Å². The lowest BCUT2D eigenvalue weighted by Gasteiger charge is -2.25. The number of hydrogen-bond acceptors (Lipinski definition) is 5. The molecule has 0 saturated carbocycles. The van der Waals surface area contributed by atoms with Gasteiger partial charge in [-0.05, 0) is 45.0 Å². The molecule has 0 spiro atoms. The molecule has 0 fully saturated rings. The summed E-state index contributed by atoms with van der Waals surface area (Å²) in [5.74, 6) is 0.319. The maximum Gasteiger partial charge on any atom is 0.264 e. The molecule has 7 nitrogen and oxygen atoms in total. The first-order valence-electron chi connectivity index (χ1n) is 8.80. The van der Waals surface area contributed by atoms with Gasteiger partial charge in [-0.2, -0.15) is 0 Å². The second kappa shape index (κ2) is 8.97. The first kappa shape index (κ1) is 21.6. The largest absolute Gasteiger partial charge is 0.493 e. The van der Waals surface area contributed by atoms with Gasteiger partial charge in [0.2, 0.25) is 5.91 Å². The molecule has 0 bridgehead atoms. The summed E-state index contributed by atoms with van der Waals surface area (Å²) in [5, 5.41) is 2.73. The van der Waals surface area contributed by atoms with Crippen molar-refractivity contribution in [3.05, 3.63) is 48.0 Å². The highest BCUT2D eigenvalue weighted by Crippen LogP contribution is 2.32. The van der Waals surface area contributed by atoms with E-state index in [0.29, 0.717) is 17.2 Å². The van der Waals surface area contributed by atoms with Crippen LogP contribution in [0, 0.1) is 6.92 Å². The summed E-state index contributed by atoms with van der Waals surface area (Å²) < 4.78 is 38.2. The number of carbonyl (C=O) groups excluding carboxylic acids is 1. The summed E-state index contributed by atoms with van der Waals surface area (Å²) in [6.45, 7) is 5.20. The molecule has 8 heteroatoms. The quantitative estimate of drug-likeness (QED) is 0.729. The molecule has 0 heterocycles. The number of nitrogens with one attached hydrogen (secondary N) is 1. The molecule has 0 unspecified atom stereocenters. The Labute approximate surface area is 166 Å². The van der Waals surface area contributed by atoms with E-state index in [-0.39, 0.29) is 23.4 Å². The Bertz CT molecular complexity index is 924. The topological polar surface area (TPSA) is 84.9 Å². The number of hydrogen-bond donors (Lipinski definition) is 1. The van der Waals surface area contributed by atoms with Crippen molar-refractivity contribution in [1.82, 2.24) is 5.32 Å². The van der Waals surface area contributed by atoms with Gasteiger partial charge in [0, 0.05) is 12.1 Å². The fraction of sp³-hybridized carbons (Fsp3) is 0.350. The minimum absolute atomic E-state index is 0.00284. The van der Waals surface area contributed by atoms with Crippen LogP contribution < -0.4 is 19.1 Å². The summed E-state index contributed by atoms with van der Waals surface area (Å²) in [7, 11) is -1.11. The smallest absolute Gasteiger partial charge is 0.264 e. The van der Waals surface area contributed by atoms with Crippen LogP contribution >= 0.6 is 0 Å². The van der Waals surface area contributed by atoms with Gasteiger partial charge in [0.05, 0.1) is 24.8 Å². The maximum absolute atomic E-state index is 13.4. The van der Waals surface area contributed by atoms with Gasteiger partial charge in [0.1, 0.15) is 6.54 Å². The van der Waals surface area contributed by atoms with Gasteiger partial charge in [0.25, 0.3) is 10.0 Å². The van der Waals surface area contributed by atoms with Crippen LogP contribution in [0.3, 0.4) is 0 Å². The first-order valence-corrected chi connectivity index (χ1v) is 10.2. The van der Waals surface area contributed by atoms with Gasteiger partial charge in [-0.3, -0.25) is 9.10 Å². The van der Waals surface area contributed by atoms with Gasteiger partial charge >= 0.3 is 0 Å². The van der Waals surface area contributed by atoms with Crippen LogP contribution in [0.5, 0.6) is 11.5 Å². The average molecular weight is 407 g/mol. The van der Waals surface area contributed by atoms with Crippen molar-refractivity contribution in [2.75, 3.05) is 25.1 Å². The van der Waals surface area contributed by atoms with Gasteiger partial charge in [-0.15, -0.1) is 0 Å². The molecule has 2 aromatic carbocycles. The molecule has 152 valence electrons. The number of amides is 1. The predicted molar refractivity (Wildman–Crippen MR) is 109 cm³/mol. The Morgan fingerprint density at radius 2 is 1.64 bits per heavy atom. The molecular weight excluding hydrogens is 380 g/mol. The zero-order valence-electron chi connectivity index (χ0n) is 16.7. The summed E-state index contributed by atoms with van der Waals surface area (Å²) >= 11 is 0. The van der Waals surface area contributed by atoms with E-state index < -0.39 is 10.0 Å². The molecule has 0 atom stereocenters. The number of aryl methyl sites for hydroxylation is 1. The lowest BCUT2D eigenvalue weighted by Crippen LogP contribution is -2.42. The maximum atomic E-state index is 13.4. The molecule has 0 saturated heterocycles. The number of carbonyl (C=O) groups is 1. The fourth-order valence-corrected chi connectivity index (χ4v) is 4.07. The fourth-order valence-electron chi connectivity index (χ4n) is 2.63. The lowest BCUT2D eigenvalue weighted by atomic mass is 10.2. The Morgan fingerprint density at radius 1 is 1.04 bits per heavy atom. The van der Waals surface area contributed by atoms with E-state index in [1.807, 2.05) is 20.8 Å². The molecule has 2 aromatic rings. The molecule has 1 N–H and O–H groups in total. The van der Waals surface area contributed by atoms with Crippen LogP contribution in [0.2, 0.25) is 0 Å². The van der Waals surface area contributed by atoms with Crippen LogP contribution in [-0.4, -0.2) is 41.1 Å². The number of rotatable bonds is 8. The molecule has 1 amide bonds. The summed E-state index contributed by atoms with van der Waals surface area (Å²) in [5.41, 5.74) is 1.39. The third-order valence-corrected chi connectivity index (χ3v) is 5.77. The Balaban J connectivity index is 2.51. The SMILES string of the molecule is COc1ccc(S(=O)(=O)N(CC(=O)NC(C)C)c2ccc(C)cc2)cc1OC. The lowest BCUT2D eigenvalue weighted by molar-refractivity contribution is -0.120. The molecule has 0 aromatic heterocycles. The third-order valence-electron chi connectivity index (χ3n) is 4.00. The van der Waals surface area contributed by atoms with Crippen LogP contribution in [0.15, 0.2) is 47.4 Å². The Hall–Kier alpha value is -2.74. The highest BCUT2D eigenvalue weighted by atomic mass is 32.2. The van der Waals surface area contributed by atoms with Gasteiger partial charge in [-0.1, -0.05) is 17.7 Å². The van der Waals surface area contributed by atoms with E-state index >= 15 is 0 Å². The predicted octanol–water partition coefficient (Wildman–Crippen LogP) is 2.73. The zero-order valence-corrected chi connectivity index (χ0v) is 17.5. The third kappa shape index (κ3) is 4.95. The van der Waals surface area contributed by atoms with Crippen molar-refractivity contribution in [3.8, 4) is 11.5 Å². The first-order chi connectivity index (χ1) is 13.2. The number of benzene rings is 2. The van der Waals surface area contributed by atoms with E-state index in [1.54, 1.807) is 24.3 Å². The number of nitrogens with zero attached hydrogens (tertiary/aromatic N) is 1. The Morgan fingerprint density at radius 3 is 2.18 bits per heavy atom. The number of anilines is 1. The standard InChI is InChI=1S/C20H26N2O5S/c1-14(2)21-20(23)13-22(16-8-6-15(3)7-9-16)28(24,25)17-10-11-18(26-4)19(12-17)27-5/h6-12,14H,13H2,1-5H3,(H,21,23). The van der Waals surface area contributed by atoms with E-state index in [0.717, 1.165) is 9.87 Å². The molecule has 28 heavy (non-hydrogen) atoms. The van der Waals surface area contributed by atoms with Crippen molar-refractivity contribution in [2.24, 2.45) is 0 Å². The van der Waals surface area contributed by atoms with E-state index in [2.05, 4.69) is 5.32 Å². The summed E-state index contributed by atoms with van der Waals surface area (Å²) in [6.07, 6.45) is 0. The van der Waals surface area contributed by atoms with Crippen LogP contribution in [0.25, 0.3) is 0 Å². The van der Waals surface area contributed by atoms with Crippen molar-refractivity contribution in [3.63, 3.8) is 0 Å². The normalized spacial score (nSPS) is 11.2. The summed E-state index contributed by atoms with van der Waals surface area (Å²) in [6, 6.07) is 11.2. The van der Waals surface area contributed by atoms with Crippen molar-refractivity contribution >= 4 is 21.6 Å². The second-order valence-corrected chi connectivity index (χ2v) is 8.45. The van der Waals surface area contributed by atoms with E-state index in [1.165, 1.54) is 32.4 Å². The highest BCUT2D eigenvalue weighted by Gasteiger charge is 2.28. The minimum atomic E-state index is -4.02. The van der Waals surface area contributed by atoms with Crippen LogP contribution in [0.1, 0.15) is 19.4 Å². The molecule has 0 aliphatic heterocycles. The number of sulfonamides is 1. The average Bonchev–Trinajstić information content (AvgIpc) is 2.65. The summed E-state index contributed by atoms with van der Waals surface area (Å²) in [4.78, 5) is 12.3. The minimum Gasteiger partial charge on any atom is -0.493 e. The molecule has 0 aliphatic rings. The molecule has 0 aliphatic carbocycles. The van der Waals surface area contributed by atoms with Crippen molar-refractivity contribution < 1.29 is 22.7 Å². The molecule has 0 radical (unpaired) electrons. The monoisotopic (exact) mass is 406 g/mol. The van der Waals surface area contributed by atoms with Crippen molar-refractivity contribution in [2.45, 2.75) is 31.7 Å². The second-order valence-electron chi connectivity index (χ2n) is 6.59. The van der Waals surface area contributed by atoms with E-state index in [9.17, 15) is 13.2 Å². The number of ether oxygens (including phenoxy) is 2. The van der Waals surface area contributed by atoms with Gasteiger partial charge < -0.3 is 14.8 Å². The molecular formula is C20H26N2O5S. The van der Waals surface area contributed by atoms with Crippen LogP contribution in [-0.2, 0) is 14.8 Å². The van der Waals surface area contributed by atoms with Gasteiger partial charge in [0.15, 0.2) is 11.5 Å². The highest BCUT2D eigenvalue weighted by molar-refractivity contribution is 7.92. The Kier molecular flexibility index (Phi) is 6.90. The molecule has 2 rings (SSSR count). The van der Waals surface area contributed by atoms with Crippen LogP contribution in [0.4, 0.5) is 5.69 Å². The van der Waals surface area contributed by atoms with Crippen molar-refractivity contribution in [1.29, 1.82) is 0 Å². The number of methoxy groups -OCH3 is 2.